The second-order valence-electron chi connectivity index (χ2n) is 14.0. The average molecular weight is 761 g/mol. The van der Waals surface area contributed by atoms with Crippen molar-refractivity contribution < 1.29 is 47.8 Å². The minimum atomic E-state index is -4.61. The molecule has 0 saturated carbocycles. The van der Waals surface area contributed by atoms with Crippen LogP contribution in [0.2, 0.25) is 0 Å². The molecule has 0 aromatic heterocycles. The molecule has 0 bridgehead atoms. The molecule has 0 rings (SSSR count). The summed E-state index contributed by atoms with van der Waals surface area (Å²) >= 11 is 0. The summed E-state index contributed by atoms with van der Waals surface area (Å²) in [5.41, 5.74) is 0. The largest absolute Gasteiger partial charge is 0.472 e. The van der Waals surface area contributed by atoms with Crippen molar-refractivity contribution in [3.05, 3.63) is 24.3 Å². The molecule has 10 nitrogen and oxygen atoms in total. The lowest BCUT2D eigenvalue weighted by molar-refractivity contribution is -0.161. The van der Waals surface area contributed by atoms with Gasteiger partial charge < -0.3 is 24.6 Å². The number of rotatable bonds is 39. The Kier molecular flexibility index (Phi) is 36.6. The molecule has 0 saturated heterocycles. The zero-order chi connectivity index (χ0) is 38.4. The van der Waals surface area contributed by atoms with E-state index in [9.17, 15) is 24.2 Å². The highest BCUT2D eigenvalue weighted by atomic mass is 31.2. The van der Waals surface area contributed by atoms with Gasteiger partial charge in [0.15, 0.2) is 6.10 Å². The number of carbonyl (C=O) groups is 2. The number of unbranched alkanes of at least 4 members (excludes halogenated alkanes) is 21. The molecule has 0 aliphatic rings. The van der Waals surface area contributed by atoms with E-state index in [4.69, 9.17) is 19.1 Å². The summed E-state index contributed by atoms with van der Waals surface area (Å²) in [6, 6.07) is 0. The van der Waals surface area contributed by atoms with Gasteiger partial charge in [-0.1, -0.05) is 134 Å². The smallest absolute Gasteiger partial charge is 0.462 e. The van der Waals surface area contributed by atoms with Crippen LogP contribution in [0.5, 0.6) is 0 Å². The van der Waals surface area contributed by atoms with Crippen molar-refractivity contribution in [3.63, 3.8) is 0 Å². The first-order valence-corrected chi connectivity index (χ1v) is 22.3. The zero-order valence-electron chi connectivity index (χ0n) is 33.0. The Labute approximate surface area is 317 Å². The summed E-state index contributed by atoms with van der Waals surface area (Å²) in [7, 11) is -4.61. The second kappa shape index (κ2) is 37.8. The van der Waals surface area contributed by atoms with Crippen molar-refractivity contribution in [2.75, 3.05) is 26.4 Å². The predicted molar refractivity (Wildman–Crippen MR) is 210 cm³/mol. The fourth-order valence-corrected chi connectivity index (χ4v) is 6.36. The van der Waals surface area contributed by atoms with Gasteiger partial charge in [-0.3, -0.25) is 18.6 Å². The Morgan fingerprint density at radius 2 is 0.942 bits per heavy atom. The van der Waals surface area contributed by atoms with Crippen molar-refractivity contribution in [1.29, 1.82) is 0 Å². The highest BCUT2D eigenvalue weighted by Crippen LogP contribution is 2.43. The molecule has 0 heterocycles. The van der Waals surface area contributed by atoms with Crippen LogP contribution in [0.3, 0.4) is 0 Å². The van der Waals surface area contributed by atoms with E-state index in [1.165, 1.54) is 70.6 Å². The summed E-state index contributed by atoms with van der Waals surface area (Å²) in [6.45, 7) is 2.35. The van der Waals surface area contributed by atoms with Gasteiger partial charge in [0.25, 0.3) is 0 Å². The van der Waals surface area contributed by atoms with Gasteiger partial charge in [-0.15, -0.1) is 0 Å². The average Bonchev–Trinajstić information content (AvgIpc) is 3.13. The van der Waals surface area contributed by atoms with Crippen LogP contribution in [0.25, 0.3) is 0 Å². The molecule has 0 amide bonds. The third kappa shape index (κ3) is 36.8. The minimum absolute atomic E-state index is 0.174. The highest BCUT2D eigenvalue weighted by molar-refractivity contribution is 7.47. The van der Waals surface area contributed by atoms with E-state index in [1.807, 2.05) is 0 Å². The van der Waals surface area contributed by atoms with Crippen LogP contribution in [-0.4, -0.2) is 65.7 Å². The Balaban J connectivity index is 4.34. The molecule has 3 unspecified atom stereocenters. The van der Waals surface area contributed by atoms with Crippen LogP contribution in [0.15, 0.2) is 24.3 Å². The normalized spacial score (nSPS) is 14.2. The first kappa shape index (κ1) is 50.5. The van der Waals surface area contributed by atoms with Gasteiger partial charge in [0, 0.05) is 12.8 Å². The number of hydrogen-bond acceptors (Lipinski definition) is 9. The molecule has 52 heavy (non-hydrogen) atoms. The lowest BCUT2D eigenvalue weighted by atomic mass is 10.1. The Morgan fingerprint density at radius 3 is 1.38 bits per heavy atom. The zero-order valence-corrected chi connectivity index (χ0v) is 33.9. The number of aliphatic hydroxyl groups is 2. The maximum atomic E-state index is 12.6. The SMILES string of the molecule is CCCCCCC/C=C\CCCCCCCC(=O)OCC(COP(=O)(O)OCC(O)CO)OC(=O)CCCCCCC/C=C\CCCCCCCC. The molecule has 0 aromatic rings. The van der Waals surface area contributed by atoms with Gasteiger partial charge in [-0.2, -0.15) is 0 Å². The van der Waals surface area contributed by atoms with Crippen LogP contribution < -0.4 is 0 Å². The number of aliphatic hydroxyl groups excluding tert-OH is 2. The molecule has 0 aliphatic carbocycles. The van der Waals surface area contributed by atoms with E-state index >= 15 is 0 Å². The first-order valence-electron chi connectivity index (χ1n) is 20.8. The van der Waals surface area contributed by atoms with Gasteiger partial charge in [0.05, 0.1) is 19.8 Å². The van der Waals surface area contributed by atoms with E-state index < -0.39 is 51.8 Å². The third-order valence-electron chi connectivity index (χ3n) is 8.83. The Bertz CT molecular complexity index is 925. The van der Waals surface area contributed by atoms with E-state index in [2.05, 4.69) is 42.7 Å². The van der Waals surface area contributed by atoms with E-state index in [1.54, 1.807) is 0 Å². The first-order chi connectivity index (χ1) is 25.2. The van der Waals surface area contributed by atoms with Crippen molar-refractivity contribution in [3.8, 4) is 0 Å². The van der Waals surface area contributed by atoms with E-state index in [-0.39, 0.29) is 19.4 Å². The predicted octanol–water partition coefficient (Wildman–Crippen LogP) is 10.6. The molecule has 0 radical (unpaired) electrons. The topological polar surface area (TPSA) is 149 Å². The second-order valence-corrected chi connectivity index (χ2v) is 15.5. The maximum absolute atomic E-state index is 12.6. The number of phosphoric ester groups is 1. The van der Waals surface area contributed by atoms with Crippen molar-refractivity contribution >= 4 is 19.8 Å². The van der Waals surface area contributed by atoms with Crippen LogP contribution in [0, 0.1) is 0 Å². The standard InChI is InChI=1S/C41H77O10P/c1-3-5-7-9-11-13-15-17-19-21-23-25-27-29-31-33-41(45)51-39(37-50-52(46,47)49-35-38(43)34-42)36-48-40(44)32-30-28-26-24-22-20-18-16-14-12-10-8-6-4-2/h16-19,38-39,42-43H,3-15,20-37H2,1-2H3,(H,46,47)/b18-16-,19-17-. The van der Waals surface area contributed by atoms with Gasteiger partial charge in [0.1, 0.15) is 12.7 Å². The number of phosphoric acid groups is 1. The lowest BCUT2D eigenvalue weighted by Crippen LogP contribution is -2.29. The number of allylic oxidation sites excluding steroid dienone is 4. The van der Waals surface area contributed by atoms with Crippen molar-refractivity contribution in [1.82, 2.24) is 0 Å². The molecular weight excluding hydrogens is 683 g/mol. The summed E-state index contributed by atoms with van der Waals surface area (Å²) in [5.74, 6) is -0.942. The summed E-state index contributed by atoms with van der Waals surface area (Å²) < 4.78 is 32.6. The molecule has 11 heteroatoms. The number of ether oxygens (including phenoxy) is 2. The fourth-order valence-electron chi connectivity index (χ4n) is 5.57. The van der Waals surface area contributed by atoms with E-state index in [0.29, 0.717) is 12.8 Å². The van der Waals surface area contributed by atoms with Gasteiger partial charge in [-0.05, 0) is 64.2 Å². The van der Waals surface area contributed by atoms with Crippen LogP contribution in [0.4, 0.5) is 0 Å². The Hall–Kier alpha value is -1.55. The van der Waals surface area contributed by atoms with Gasteiger partial charge >= 0.3 is 19.8 Å². The summed E-state index contributed by atoms with van der Waals surface area (Å²) in [6.07, 6.45) is 35.7. The fraction of sp³-hybridized carbons (Fsp3) is 0.854. The molecule has 0 fully saturated rings. The highest BCUT2D eigenvalue weighted by Gasteiger charge is 2.27. The van der Waals surface area contributed by atoms with Crippen molar-refractivity contribution in [2.45, 2.75) is 199 Å². The molecule has 0 spiro atoms. The van der Waals surface area contributed by atoms with Crippen molar-refractivity contribution in [2.24, 2.45) is 0 Å². The quantitative estimate of drug-likeness (QED) is 0.0239. The van der Waals surface area contributed by atoms with Crippen LogP contribution in [-0.2, 0) is 32.7 Å². The summed E-state index contributed by atoms with van der Waals surface area (Å²) in [5, 5.41) is 18.3. The Morgan fingerprint density at radius 1 is 0.558 bits per heavy atom. The molecular formula is C41H77O10P. The molecule has 306 valence electrons. The minimum Gasteiger partial charge on any atom is -0.462 e. The summed E-state index contributed by atoms with van der Waals surface area (Å²) in [4.78, 5) is 34.9. The van der Waals surface area contributed by atoms with Gasteiger partial charge in [0.2, 0.25) is 0 Å². The number of esters is 2. The monoisotopic (exact) mass is 761 g/mol. The molecule has 0 aromatic carbocycles. The van der Waals surface area contributed by atoms with Crippen LogP contribution in [0.1, 0.15) is 187 Å². The third-order valence-corrected chi connectivity index (χ3v) is 9.78. The molecule has 3 atom stereocenters. The maximum Gasteiger partial charge on any atom is 0.472 e. The molecule has 0 aliphatic heterocycles. The van der Waals surface area contributed by atoms with E-state index in [0.717, 1.165) is 77.0 Å². The van der Waals surface area contributed by atoms with Crippen LogP contribution >= 0.6 is 7.82 Å². The molecule has 3 N–H and O–H groups in total. The number of carbonyl (C=O) groups excluding carboxylic acids is 2. The lowest BCUT2D eigenvalue weighted by Gasteiger charge is -2.20. The number of hydrogen-bond donors (Lipinski definition) is 3. The van der Waals surface area contributed by atoms with Gasteiger partial charge in [-0.25, -0.2) is 4.57 Å².